The largest absolute Gasteiger partial charge is 0.479 e. The first-order valence-corrected chi connectivity index (χ1v) is 7.86. The second-order valence-corrected chi connectivity index (χ2v) is 6.72. The Morgan fingerprint density at radius 2 is 1.91 bits per heavy atom. The molecule has 0 aliphatic rings. The fourth-order valence-corrected chi connectivity index (χ4v) is 2.21. The van der Waals surface area contributed by atoms with Gasteiger partial charge in [-0.2, -0.15) is 5.10 Å². The minimum absolute atomic E-state index is 0.181. The molecule has 1 aromatic carbocycles. The summed E-state index contributed by atoms with van der Waals surface area (Å²) in [6.45, 7) is 4.89. The van der Waals surface area contributed by atoms with Crippen molar-refractivity contribution in [1.29, 1.82) is 0 Å². The van der Waals surface area contributed by atoms with E-state index < -0.39 is 11.5 Å². The third kappa shape index (κ3) is 3.79. The zero-order chi connectivity index (χ0) is 17.2. The van der Waals surface area contributed by atoms with Crippen molar-refractivity contribution in [2.75, 3.05) is 5.32 Å². The maximum atomic E-state index is 12.3. The van der Waals surface area contributed by atoms with E-state index in [1.165, 1.54) is 17.1 Å². The molecule has 0 fully saturated rings. The fourth-order valence-electron chi connectivity index (χ4n) is 1.94. The predicted molar refractivity (Wildman–Crippen MR) is 90.4 cm³/mol. The van der Waals surface area contributed by atoms with Crippen LogP contribution in [0.5, 0.6) is 0 Å². The van der Waals surface area contributed by atoms with E-state index in [4.69, 9.17) is 0 Å². The van der Waals surface area contributed by atoms with Crippen molar-refractivity contribution in [2.24, 2.45) is 0 Å². The van der Waals surface area contributed by atoms with E-state index >= 15 is 0 Å². The van der Waals surface area contributed by atoms with Gasteiger partial charge in [0.25, 0.3) is 0 Å². The molecule has 0 saturated carbocycles. The van der Waals surface area contributed by atoms with E-state index in [9.17, 15) is 14.7 Å². The Hall–Kier alpha value is -2.15. The van der Waals surface area contributed by atoms with Gasteiger partial charge in [0.1, 0.15) is 0 Å². The summed E-state index contributed by atoms with van der Waals surface area (Å²) >= 11 is 3.36. The van der Waals surface area contributed by atoms with Crippen molar-refractivity contribution in [1.82, 2.24) is 9.78 Å². The van der Waals surface area contributed by atoms with Crippen LogP contribution in [0.2, 0.25) is 0 Å². The molecule has 2 aromatic rings. The van der Waals surface area contributed by atoms with Gasteiger partial charge < -0.3 is 10.4 Å². The number of hydrogen-bond donors (Lipinski definition) is 2. The van der Waals surface area contributed by atoms with Crippen molar-refractivity contribution in [2.45, 2.75) is 32.2 Å². The molecule has 2 rings (SSSR count). The number of rotatable bonds is 5. The highest BCUT2D eigenvalue weighted by atomic mass is 79.9. The molecule has 1 amide bonds. The maximum absolute atomic E-state index is 12.3. The van der Waals surface area contributed by atoms with Gasteiger partial charge in [-0.1, -0.05) is 28.1 Å². The first kappa shape index (κ1) is 17.2. The van der Waals surface area contributed by atoms with Gasteiger partial charge in [-0.05, 0) is 38.5 Å². The Morgan fingerprint density at radius 1 is 1.30 bits per heavy atom. The quantitative estimate of drug-likeness (QED) is 0.834. The maximum Gasteiger partial charge on any atom is 0.331 e. The van der Waals surface area contributed by atoms with Crippen molar-refractivity contribution in [3.8, 4) is 0 Å². The lowest BCUT2D eigenvalue weighted by Gasteiger charge is -2.19. The lowest BCUT2D eigenvalue weighted by Crippen LogP contribution is -2.35. The van der Waals surface area contributed by atoms with Gasteiger partial charge in [-0.15, -0.1) is 0 Å². The van der Waals surface area contributed by atoms with Crippen molar-refractivity contribution < 1.29 is 14.7 Å². The minimum Gasteiger partial charge on any atom is -0.479 e. The van der Waals surface area contributed by atoms with Crippen LogP contribution in [0.15, 0.2) is 41.1 Å². The summed E-state index contributed by atoms with van der Waals surface area (Å²) in [5, 5.41) is 16.0. The summed E-state index contributed by atoms with van der Waals surface area (Å²) in [5.74, 6) is -1.51. The second kappa shape index (κ2) is 6.54. The number of hydrogen-bond acceptors (Lipinski definition) is 3. The first-order valence-electron chi connectivity index (χ1n) is 7.06. The standard InChI is InChI=1S/C16H18BrN3O3/c1-10(11-4-6-12(17)7-5-11)14(21)19-13-8-18-20(9-13)16(2,3)15(22)23/h4-10H,1-3H3,(H,19,21)(H,22,23). The van der Waals surface area contributed by atoms with Crippen LogP contribution in [0.4, 0.5) is 5.69 Å². The smallest absolute Gasteiger partial charge is 0.331 e. The second-order valence-electron chi connectivity index (χ2n) is 5.80. The fraction of sp³-hybridized carbons (Fsp3) is 0.312. The van der Waals surface area contributed by atoms with Crippen LogP contribution in [0.25, 0.3) is 0 Å². The van der Waals surface area contributed by atoms with Crippen LogP contribution in [0.1, 0.15) is 32.3 Å². The van der Waals surface area contributed by atoms with Crippen LogP contribution in [-0.2, 0) is 15.1 Å². The van der Waals surface area contributed by atoms with Crippen LogP contribution in [0.3, 0.4) is 0 Å². The molecule has 0 aliphatic heterocycles. The molecule has 0 spiro atoms. The van der Waals surface area contributed by atoms with Crippen molar-refractivity contribution >= 4 is 33.5 Å². The van der Waals surface area contributed by atoms with Gasteiger partial charge in [0.2, 0.25) is 5.91 Å². The number of nitrogens with one attached hydrogen (secondary N) is 1. The molecular formula is C16H18BrN3O3. The average molecular weight is 380 g/mol. The van der Waals surface area contributed by atoms with Gasteiger partial charge in [0.15, 0.2) is 5.54 Å². The third-order valence-corrected chi connectivity index (χ3v) is 4.24. The van der Waals surface area contributed by atoms with Crippen molar-refractivity contribution in [3.63, 3.8) is 0 Å². The Morgan fingerprint density at radius 3 is 2.48 bits per heavy atom. The molecule has 0 bridgehead atoms. The number of halogens is 1. The molecule has 1 unspecified atom stereocenters. The Labute approximate surface area is 142 Å². The third-order valence-electron chi connectivity index (χ3n) is 3.71. The number of carbonyl (C=O) groups excluding carboxylic acids is 1. The minimum atomic E-state index is -1.18. The lowest BCUT2D eigenvalue weighted by molar-refractivity contribution is -0.146. The van der Waals surface area contributed by atoms with E-state index in [1.807, 2.05) is 31.2 Å². The number of benzene rings is 1. The highest BCUT2D eigenvalue weighted by molar-refractivity contribution is 9.10. The number of aromatic nitrogens is 2. The normalized spacial score (nSPS) is 12.7. The molecule has 6 nitrogen and oxygen atoms in total. The van der Waals surface area contributed by atoms with Crippen molar-refractivity contribution in [3.05, 3.63) is 46.7 Å². The van der Waals surface area contributed by atoms with Crippen LogP contribution < -0.4 is 5.32 Å². The summed E-state index contributed by atoms with van der Waals surface area (Å²) in [6.07, 6.45) is 2.96. The Bertz CT molecular complexity index is 722. The number of aliphatic carboxylic acids is 1. The Kier molecular flexibility index (Phi) is 4.89. The number of carboxylic acid groups (broad SMARTS) is 1. The van der Waals surface area contributed by atoms with E-state index in [-0.39, 0.29) is 11.8 Å². The summed E-state index contributed by atoms with van der Waals surface area (Å²) in [4.78, 5) is 23.5. The van der Waals surface area contributed by atoms with Gasteiger partial charge in [-0.25, -0.2) is 4.79 Å². The predicted octanol–water partition coefficient (Wildman–Crippen LogP) is 3.21. The lowest BCUT2D eigenvalue weighted by atomic mass is 10.0. The molecule has 0 radical (unpaired) electrons. The summed E-state index contributed by atoms with van der Waals surface area (Å²) in [6, 6.07) is 7.52. The monoisotopic (exact) mass is 379 g/mol. The molecule has 1 aromatic heterocycles. The van der Waals surface area contributed by atoms with E-state index in [0.29, 0.717) is 5.69 Å². The molecule has 7 heteroatoms. The van der Waals surface area contributed by atoms with Crippen LogP contribution in [0, 0.1) is 0 Å². The summed E-state index contributed by atoms with van der Waals surface area (Å²) in [5.41, 5.74) is 0.178. The van der Waals surface area contributed by atoms with E-state index in [1.54, 1.807) is 13.8 Å². The average Bonchev–Trinajstić information content (AvgIpc) is 2.96. The zero-order valence-corrected chi connectivity index (χ0v) is 14.7. The molecule has 23 heavy (non-hydrogen) atoms. The molecule has 122 valence electrons. The molecule has 2 N–H and O–H groups in total. The van der Waals surface area contributed by atoms with Crippen LogP contribution in [-0.4, -0.2) is 26.8 Å². The molecule has 1 atom stereocenters. The number of carboxylic acids is 1. The van der Waals surface area contributed by atoms with Gasteiger partial charge >= 0.3 is 5.97 Å². The summed E-state index contributed by atoms with van der Waals surface area (Å²) in [7, 11) is 0. The zero-order valence-electron chi connectivity index (χ0n) is 13.1. The highest BCUT2D eigenvalue weighted by Crippen LogP contribution is 2.21. The van der Waals surface area contributed by atoms with Gasteiger partial charge in [0.05, 0.1) is 17.8 Å². The molecule has 0 saturated heterocycles. The first-order chi connectivity index (χ1) is 10.7. The molecular weight excluding hydrogens is 362 g/mol. The number of anilines is 1. The number of nitrogens with zero attached hydrogens (tertiary/aromatic N) is 2. The molecule has 1 heterocycles. The number of amides is 1. The highest BCUT2D eigenvalue weighted by Gasteiger charge is 2.30. The molecule has 0 aliphatic carbocycles. The number of carbonyl (C=O) groups is 2. The van der Waals surface area contributed by atoms with E-state index in [2.05, 4.69) is 26.3 Å². The van der Waals surface area contributed by atoms with Gasteiger partial charge in [0, 0.05) is 10.7 Å². The topological polar surface area (TPSA) is 84.2 Å². The Balaban J connectivity index is 2.10. The SMILES string of the molecule is CC(C(=O)Nc1cnn(C(C)(C)C(=O)O)c1)c1ccc(Br)cc1. The van der Waals surface area contributed by atoms with Crippen LogP contribution >= 0.6 is 15.9 Å². The summed E-state index contributed by atoms with van der Waals surface area (Å²) < 4.78 is 2.26. The van der Waals surface area contributed by atoms with Gasteiger partial charge in [-0.3, -0.25) is 9.48 Å². The van der Waals surface area contributed by atoms with E-state index in [0.717, 1.165) is 10.0 Å².